The highest BCUT2D eigenvalue weighted by atomic mass is 16.5. The first-order valence-corrected chi connectivity index (χ1v) is 14.4. The van der Waals surface area contributed by atoms with Crippen molar-refractivity contribution in [2.24, 2.45) is 11.8 Å². The van der Waals surface area contributed by atoms with Crippen molar-refractivity contribution in [1.29, 1.82) is 0 Å². The number of hydrogen-bond donors (Lipinski definition) is 1. The lowest BCUT2D eigenvalue weighted by atomic mass is 9.70. The van der Waals surface area contributed by atoms with Gasteiger partial charge in [-0.25, -0.2) is 0 Å². The number of ether oxygens (including phenoxy) is 1. The van der Waals surface area contributed by atoms with Crippen LogP contribution in [0.3, 0.4) is 0 Å². The van der Waals surface area contributed by atoms with Gasteiger partial charge < -0.3 is 24.5 Å². The van der Waals surface area contributed by atoms with Crippen LogP contribution >= 0.6 is 0 Å². The van der Waals surface area contributed by atoms with Crippen LogP contribution in [0.1, 0.15) is 30.4 Å². The van der Waals surface area contributed by atoms with Crippen LogP contribution in [0.15, 0.2) is 86.0 Å². The first kappa shape index (κ1) is 28.8. The summed E-state index contributed by atoms with van der Waals surface area (Å²) >= 11 is 0. The molecule has 1 spiro atoms. The van der Waals surface area contributed by atoms with Gasteiger partial charge in [0.25, 0.3) is 0 Å². The third kappa shape index (κ3) is 5.34. The van der Waals surface area contributed by atoms with Gasteiger partial charge in [-0.15, -0.1) is 13.2 Å². The molecule has 5 rings (SSSR count). The summed E-state index contributed by atoms with van der Waals surface area (Å²) in [6.45, 7) is 9.21. The Morgan fingerprint density at radius 3 is 2.05 bits per heavy atom. The van der Waals surface area contributed by atoms with Gasteiger partial charge in [0.2, 0.25) is 17.7 Å². The van der Waals surface area contributed by atoms with Crippen LogP contribution in [0, 0.1) is 11.8 Å². The van der Waals surface area contributed by atoms with Crippen molar-refractivity contribution in [3.8, 4) is 0 Å². The topological polar surface area (TPSA) is 90.4 Å². The molecule has 8 heteroatoms. The van der Waals surface area contributed by atoms with E-state index in [0.717, 1.165) is 11.1 Å². The number of hydrogen-bond acceptors (Lipinski definition) is 5. The summed E-state index contributed by atoms with van der Waals surface area (Å²) in [6.07, 6.45) is 4.40. The van der Waals surface area contributed by atoms with E-state index in [1.165, 1.54) is 0 Å². The Hall–Kier alpha value is -3.75. The van der Waals surface area contributed by atoms with E-state index in [-0.39, 0.29) is 30.9 Å². The number of amides is 3. The van der Waals surface area contributed by atoms with Crippen molar-refractivity contribution in [3.05, 3.63) is 97.1 Å². The van der Waals surface area contributed by atoms with E-state index >= 15 is 0 Å². The molecular weight excluding hydrogens is 518 g/mol. The van der Waals surface area contributed by atoms with Crippen molar-refractivity contribution >= 4 is 17.7 Å². The minimum Gasteiger partial charge on any atom is -0.396 e. The summed E-state index contributed by atoms with van der Waals surface area (Å²) in [5.74, 6) is -2.05. The maximum atomic E-state index is 14.4. The minimum atomic E-state index is -1.09. The zero-order valence-electron chi connectivity index (χ0n) is 23.4. The summed E-state index contributed by atoms with van der Waals surface area (Å²) in [6, 6.07) is 18.6. The zero-order valence-corrected chi connectivity index (χ0v) is 23.4. The smallest absolute Gasteiger partial charge is 0.248 e. The SMILES string of the molecule is C=CCN(Cc1ccccc1)C(=O)C1N(CCCO)C(=O)[C@@H]2[C@@H](C(=O)N(CC=C)Cc3ccccc3)[C@H]3CCC12O3. The van der Waals surface area contributed by atoms with E-state index in [2.05, 4.69) is 13.2 Å². The molecule has 216 valence electrons. The highest BCUT2D eigenvalue weighted by Crippen LogP contribution is 2.59. The summed E-state index contributed by atoms with van der Waals surface area (Å²) in [7, 11) is 0. The van der Waals surface area contributed by atoms with Crippen molar-refractivity contribution < 1.29 is 24.2 Å². The number of carbonyl (C=O) groups excluding carboxylic acids is 3. The molecule has 0 radical (unpaired) electrons. The first-order chi connectivity index (χ1) is 19.9. The summed E-state index contributed by atoms with van der Waals surface area (Å²) in [4.78, 5) is 47.7. The van der Waals surface area contributed by atoms with Crippen LogP contribution < -0.4 is 0 Å². The van der Waals surface area contributed by atoms with E-state index in [4.69, 9.17) is 4.74 Å². The first-order valence-electron chi connectivity index (χ1n) is 14.4. The molecule has 1 N–H and O–H groups in total. The number of likely N-dealkylation sites (tertiary alicyclic amines) is 1. The Kier molecular flexibility index (Phi) is 8.71. The monoisotopic (exact) mass is 557 g/mol. The molecule has 2 aromatic rings. The number of nitrogens with zero attached hydrogens (tertiary/aromatic N) is 3. The number of aliphatic hydroxyl groups excluding tert-OH is 1. The highest BCUT2D eigenvalue weighted by Gasteiger charge is 2.74. The normalized spacial score (nSPS) is 26.1. The van der Waals surface area contributed by atoms with Crippen LogP contribution in [-0.2, 0) is 32.2 Å². The van der Waals surface area contributed by atoms with Crippen LogP contribution in [0.25, 0.3) is 0 Å². The lowest BCUT2D eigenvalue weighted by molar-refractivity contribution is -0.149. The van der Waals surface area contributed by atoms with Gasteiger partial charge in [-0.2, -0.15) is 0 Å². The molecular formula is C33H39N3O5. The zero-order chi connectivity index (χ0) is 29.0. The second-order valence-corrected chi connectivity index (χ2v) is 11.2. The molecule has 2 aromatic carbocycles. The van der Waals surface area contributed by atoms with Crippen molar-refractivity contribution in [3.63, 3.8) is 0 Å². The fourth-order valence-corrected chi connectivity index (χ4v) is 6.96. The van der Waals surface area contributed by atoms with E-state index in [0.29, 0.717) is 45.4 Å². The third-order valence-electron chi connectivity index (χ3n) is 8.63. The van der Waals surface area contributed by atoms with Gasteiger partial charge in [0.05, 0.1) is 17.9 Å². The molecule has 5 atom stereocenters. The van der Waals surface area contributed by atoms with E-state index in [1.54, 1.807) is 26.9 Å². The Labute approximate surface area is 241 Å². The number of fused-ring (bicyclic) bond motifs is 1. The molecule has 0 aromatic heterocycles. The largest absolute Gasteiger partial charge is 0.396 e. The number of carbonyl (C=O) groups is 3. The molecule has 41 heavy (non-hydrogen) atoms. The van der Waals surface area contributed by atoms with E-state index in [1.807, 2.05) is 60.7 Å². The summed E-state index contributed by atoms with van der Waals surface area (Å²) in [5.41, 5.74) is 0.864. The molecule has 3 amide bonds. The van der Waals surface area contributed by atoms with Gasteiger partial charge in [-0.05, 0) is 30.4 Å². The molecule has 2 bridgehead atoms. The fraction of sp³-hybridized carbons (Fsp3) is 0.424. The Bertz CT molecular complexity index is 1270. The van der Waals surface area contributed by atoms with Gasteiger partial charge in [-0.1, -0.05) is 72.8 Å². The van der Waals surface area contributed by atoms with Crippen molar-refractivity contribution in [2.45, 2.75) is 50.1 Å². The Morgan fingerprint density at radius 1 is 0.951 bits per heavy atom. The van der Waals surface area contributed by atoms with Crippen molar-refractivity contribution in [2.75, 3.05) is 26.2 Å². The average molecular weight is 558 g/mol. The second-order valence-electron chi connectivity index (χ2n) is 11.2. The third-order valence-corrected chi connectivity index (χ3v) is 8.63. The molecule has 3 aliphatic heterocycles. The van der Waals surface area contributed by atoms with E-state index in [9.17, 15) is 19.5 Å². The van der Waals surface area contributed by atoms with Gasteiger partial charge in [0.1, 0.15) is 11.6 Å². The summed E-state index contributed by atoms with van der Waals surface area (Å²) in [5, 5.41) is 9.62. The van der Waals surface area contributed by atoms with E-state index < -0.39 is 29.6 Å². The predicted octanol–water partition coefficient (Wildman–Crippen LogP) is 3.17. The molecule has 0 aliphatic carbocycles. The fourth-order valence-electron chi connectivity index (χ4n) is 6.96. The molecule has 0 saturated carbocycles. The standard InChI is InChI=1S/C33H39N3O5/c1-3-18-34(22-24-12-7-5-8-13-24)30(38)27-26-16-17-33(41-26)28(27)31(39)36(20-11-21-37)29(33)32(40)35(19-4-2)23-25-14-9-6-10-15-25/h3-10,12-15,26-29,37H,1-2,11,16-23H2/t26-,27+,28+,29?,33?/m1/s1. The average Bonchev–Trinajstić information content (AvgIpc) is 3.63. The number of benzene rings is 2. The molecule has 8 nitrogen and oxygen atoms in total. The maximum Gasteiger partial charge on any atom is 0.248 e. The number of rotatable bonds is 13. The predicted molar refractivity (Wildman–Crippen MR) is 155 cm³/mol. The molecule has 3 fully saturated rings. The van der Waals surface area contributed by atoms with Gasteiger partial charge in [-0.3, -0.25) is 14.4 Å². The van der Waals surface area contributed by atoms with Crippen molar-refractivity contribution in [1.82, 2.24) is 14.7 Å². The van der Waals surface area contributed by atoms with Crippen LogP contribution in [-0.4, -0.2) is 81.5 Å². The maximum absolute atomic E-state index is 14.4. The molecule has 3 aliphatic rings. The summed E-state index contributed by atoms with van der Waals surface area (Å²) < 4.78 is 6.62. The minimum absolute atomic E-state index is 0.112. The van der Waals surface area contributed by atoms with Gasteiger partial charge in [0.15, 0.2) is 0 Å². The Morgan fingerprint density at radius 2 is 1.51 bits per heavy atom. The Balaban J connectivity index is 1.48. The second kappa shape index (κ2) is 12.4. The lowest BCUT2D eigenvalue weighted by Gasteiger charge is -2.37. The van der Waals surface area contributed by atoms with Crippen LogP contribution in [0.2, 0.25) is 0 Å². The molecule has 3 saturated heterocycles. The highest BCUT2D eigenvalue weighted by molar-refractivity contribution is 5.99. The number of aliphatic hydroxyl groups is 1. The van der Waals surface area contributed by atoms with Crippen LogP contribution in [0.5, 0.6) is 0 Å². The van der Waals surface area contributed by atoms with Gasteiger partial charge >= 0.3 is 0 Å². The van der Waals surface area contributed by atoms with Crippen LogP contribution in [0.4, 0.5) is 0 Å². The van der Waals surface area contributed by atoms with Gasteiger partial charge in [0, 0.05) is 39.3 Å². The molecule has 2 unspecified atom stereocenters. The lowest BCUT2D eigenvalue weighted by Crippen LogP contribution is -2.56. The quantitative estimate of drug-likeness (QED) is 0.382. The molecule has 3 heterocycles.